The minimum absolute atomic E-state index is 0.00329. The van der Waals surface area contributed by atoms with E-state index < -0.39 is 11.7 Å². The molecular weight excluding hydrogens is 497 g/mol. The zero-order valence-corrected chi connectivity index (χ0v) is 20.1. The largest absolute Gasteiger partial charge is 0.419 e. The lowest BCUT2D eigenvalue weighted by molar-refractivity contribution is -0.138. The molecule has 0 unspecified atom stereocenters. The molecule has 9 nitrogen and oxygen atoms in total. The first-order chi connectivity index (χ1) is 17.2. The molecule has 0 atom stereocenters. The highest BCUT2D eigenvalue weighted by atomic mass is 35.5. The lowest BCUT2D eigenvalue weighted by atomic mass is 9.97. The van der Waals surface area contributed by atoms with Gasteiger partial charge in [0.25, 0.3) is 5.95 Å². The molecule has 0 spiro atoms. The molecular formula is C23H24ClF3N8O. The standard InChI is InChI=1S/C23H24ClF3N8O/c1-22(13-36-14-22)34-4-2-33(3-5-34)20-7-19(15(8-28)6-18(20)24)32-17-11-31-35(12-17)21-29-9-16(10-30-21)23(25,26)27/h6-12,28,32H,2-5,13-14H2,1H3. The first-order valence-electron chi connectivity index (χ1n) is 11.3. The van der Waals surface area contributed by atoms with Crippen molar-refractivity contribution in [3.63, 3.8) is 0 Å². The van der Waals surface area contributed by atoms with E-state index in [-0.39, 0.29) is 11.5 Å². The van der Waals surface area contributed by atoms with Gasteiger partial charge in [0.05, 0.1) is 53.1 Å². The van der Waals surface area contributed by atoms with Gasteiger partial charge in [0.1, 0.15) is 0 Å². The van der Waals surface area contributed by atoms with E-state index in [1.807, 2.05) is 6.07 Å². The fourth-order valence-electron chi connectivity index (χ4n) is 4.35. The highest BCUT2D eigenvalue weighted by Gasteiger charge is 2.40. The third-order valence-electron chi connectivity index (χ3n) is 6.52. The zero-order chi connectivity index (χ0) is 25.5. The molecule has 0 aliphatic carbocycles. The van der Waals surface area contributed by atoms with Gasteiger partial charge in [-0.3, -0.25) is 4.90 Å². The Balaban J connectivity index is 1.33. The third-order valence-corrected chi connectivity index (χ3v) is 6.82. The van der Waals surface area contributed by atoms with Gasteiger partial charge in [-0.25, -0.2) is 14.6 Å². The number of alkyl halides is 3. The third kappa shape index (κ3) is 4.75. The summed E-state index contributed by atoms with van der Waals surface area (Å²) >= 11 is 6.59. The number of nitrogens with one attached hydrogen (secondary N) is 2. The van der Waals surface area contributed by atoms with Crippen LogP contribution >= 0.6 is 11.6 Å². The molecule has 2 aliphatic rings. The molecule has 1 aromatic carbocycles. The summed E-state index contributed by atoms with van der Waals surface area (Å²) in [5, 5.41) is 15.7. The summed E-state index contributed by atoms with van der Waals surface area (Å²) in [6.07, 6.45) is 1.19. The van der Waals surface area contributed by atoms with Crippen molar-refractivity contribution in [2.24, 2.45) is 0 Å². The number of piperazine rings is 1. The van der Waals surface area contributed by atoms with Gasteiger partial charge in [0.15, 0.2) is 0 Å². The average Bonchev–Trinajstić information content (AvgIpc) is 3.31. The van der Waals surface area contributed by atoms with E-state index in [9.17, 15) is 13.2 Å². The highest BCUT2D eigenvalue weighted by Crippen LogP contribution is 2.35. The van der Waals surface area contributed by atoms with Crippen LogP contribution in [-0.2, 0) is 10.9 Å². The van der Waals surface area contributed by atoms with Gasteiger partial charge in [0, 0.05) is 56.0 Å². The lowest BCUT2D eigenvalue weighted by Crippen LogP contribution is -2.64. The monoisotopic (exact) mass is 520 g/mol. The molecule has 0 bridgehead atoms. The molecule has 190 valence electrons. The normalized spacial score (nSPS) is 18.1. The molecule has 2 saturated heterocycles. The molecule has 2 aromatic heterocycles. The second-order valence-electron chi connectivity index (χ2n) is 9.07. The van der Waals surface area contributed by atoms with Gasteiger partial charge in [0.2, 0.25) is 0 Å². The quantitative estimate of drug-likeness (QED) is 0.475. The summed E-state index contributed by atoms with van der Waals surface area (Å²) in [7, 11) is 0. The predicted molar refractivity (Wildman–Crippen MR) is 130 cm³/mol. The molecule has 2 fully saturated rings. The maximum atomic E-state index is 12.8. The molecule has 2 aliphatic heterocycles. The molecule has 0 radical (unpaired) electrons. The molecule has 3 aromatic rings. The first-order valence-corrected chi connectivity index (χ1v) is 11.7. The van der Waals surface area contributed by atoms with E-state index in [4.69, 9.17) is 21.7 Å². The van der Waals surface area contributed by atoms with Gasteiger partial charge in [-0.05, 0) is 19.1 Å². The van der Waals surface area contributed by atoms with E-state index in [0.717, 1.165) is 45.1 Å². The van der Waals surface area contributed by atoms with Crippen molar-refractivity contribution >= 4 is 34.9 Å². The maximum absolute atomic E-state index is 12.8. The number of hydrogen-bond acceptors (Lipinski definition) is 8. The van der Waals surface area contributed by atoms with Gasteiger partial charge in [-0.1, -0.05) is 11.6 Å². The van der Waals surface area contributed by atoms with Crippen LogP contribution < -0.4 is 10.2 Å². The second kappa shape index (κ2) is 9.34. The topological polar surface area (TPSA) is 95.2 Å². The van der Waals surface area contributed by atoms with Crippen LogP contribution in [-0.4, -0.2) is 75.8 Å². The molecule has 2 N–H and O–H groups in total. The Morgan fingerprint density at radius 3 is 2.39 bits per heavy atom. The Kier molecular flexibility index (Phi) is 6.35. The van der Waals surface area contributed by atoms with Crippen molar-refractivity contribution in [2.45, 2.75) is 18.6 Å². The van der Waals surface area contributed by atoms with E-state index >= 15 is 0 Å². The Morgan fingerprint density at radius 2 is 1.81 bits per heavy atom. The van der Waals surface area contributed by atoms with Crippen LogP contribution in [0.2, 0.25) is 5.02 Å². The fraction of sp³-hybridized carbons (Fsp3) is 0.391. The van der Waals surface area contributed by atoms with Crippen molar-refractivity contribution in [1.29, 1.82) is 5.41 Å². The van der Waals surface area contributed by atoms with E-state index in [2.05, 4.69) is 37.1 Å². The molecule has 36 heavy (non-hydrogen) atoms. The number of rotatable bonds is 6. The minimum Gasteiger partial charge on any atom is -0.377 e. The zero-order valence-electron chi connectivity index (χ0n) is 19.4. The SMILES string of the molecule is CC1(N2CCN(c3cc(Nc4cnn(-c5ncc(C(F)(F)F)cn5)c4)c(C=N)cc3Cl)CC2)COC1. The number of aromatic nitrogens is 4. The van der Waals surface area contributed by atoms with E-state index in [0.29, 0.717) is 34.4 Å². The van der Waals surface area contributed by atoms with Crippen molar-refractivity contribution in [3.05, 3.63) is 53.1 Å². The van der Waals surface area contributed by atoms with Gasteiger partial charge >= 0.3 is 6.18 Å². The van der Waals surface area contributed by atoms with Crippen LogP contribution in [0.1, 0.15) is 18.1 Å². The molecule has 4 heterocycles. The van der Waals surface area contributed by atoms with Crippen LogP contribution in [0.15, 0.2) is 36.9 Å². The Labute approximate surface area is 210 Å². The second-order valence-corrected chi connectivity index (χ2v) is 9.47. The van der Waals surface area contributed by atoms with Crippen molar-refractivity contribution < 1.29 is 17.9 Å². The van der Waals surface area contributed by atoms with Gasteiger partial charge < -0.3 is 20.4 Å². The van der Waals surface area contributed by atoms with Crippen LogP contribution in [0, 0.1) is 5.41 Å². The molecule has 0 saturated carbocycles. The molecule has 0 amide bonds. The van der Waals surface area contributed by atoms with Crippen LogP contribution in [0.3, 0.4) is 0 Å². The van der Waals surface area contributed by atoms with Crippen molar-refractivity contribution in [1.82, 2.24) is 24.6 Å². The smallest absolute Gasteiger partial charge is 0.377 e. The summed E-state index contributed by atoms with van der Waals surface area (Å²) < 4.78 is 45.0. The van der Waals surface area contributed by atoms with Crippen LogP contribution in [0.4, 0.5) is 30.2 Å². The Bertz CT molecular complexity index is 1250. The average molecular weight is 521 g/mol. The predicted octanol–water partition coefficient (Wildman–Crippen LogP) is 3.99. The number of benzene rings is 1. The van der Waals surface area contributed by atoms with Crippen LogP contribution in [0.25, 0.3) is 5.95 Å². The Morgan fingerprint density at radius 1 is 1.11 bits per heavy atom. The summed E-state index contributed by atoms with van der Waals surface area (Å²) in [6.45, 7) is 7.12. The summed E-state index contributed by atoms with van der Waals surface area (Å²) in [6, 6.07) is 3.64. The minimum atomic E-state index is -4.51. The van der Waals surface area contributed by atoms with E-state index in [1.54, 1.807) is 12.3 Å². The van der Waals surface area contributed by atoms with Gasteiger partial charge in [-0.15, -0.1) is 0 Å². The number of anilines is 3. The van der Waals surface area contributed by atoms with E-state index in [1.165, 1.54) is 17.1 Å². The molecule has 13 heteroatoms. The Hall–Kier alpha value is -3.22. The number of hydrogen-bond donors (Lipinski definition) is 2. The highest BCUT2D eigenvalue weighted by molar-refractivity contribution is 6.33. The lowest BCUT2D eigenvalue weighted by Gasteiger charge is -2.50. The van der Waals surface area contributed by atoms with Crippen LogP contribution in [0.5, 0.6) is 0 Å². The number of nitrogens with zero attached hydrogens (tertiary/aromatic N) is 6. The maximum Gasteiger partial charge on any atom is 0.419 e. The summed E-state index contributed by atoms with van der Waals surface area (Å²) in [4.78, 5) is 12.2. The fourth-order valence-corrected chi connectivity index (χ4v) is 4.64. The van der Waals surface area contributed by atoms with Crippen molar-refractivity contribution in [3.8, 4) is 5.95 Å². The summed E-state index contributed by atoms with van der Waals surface area (Å²) in [5.41, 5.74) is 1.82. The first kappa shape index (κ1) is 24.5. The van der Waals surface area contributed by atoms with Gasteiger partial charge in [-0.2, -0.15) is 18.3 Å². The van der Waals surface area contributed by atoms with Crippen molar-refractivity contribution in [2.75, 3.05) is 49.6 Å². The molecule has 5 rings (SSSR count). The number of halogens is 4. The number of ether oxygens (including phenoxy) is 1. The summed E-state index contributed by atoms with van der Waals surface area (Å²) in [5.74, 6) is 0.00329.